The molecule has 2 saturated heterocycles. The molecule has 0 aliphatic carbocycles. The maximum Gasteiger partial charge on any atom is 0.304 e. The van der Waals surface area contributed by atoms with Crippen molar-refractivity contribution in [1.82, 2.24) is 15.0 Å². The molecule has 5 rings (SSSR count). The number of esters is 1. The second kappa shape index (κ2) is 13.1. The molecule has 230 valence electrons. The average molecular weight is 607 g/mol. The van der Waals surface area contributed by atoms with E-state index in [-0.39, 0.29) is 48.5 Å². The molecule has 0 saturated carbocycles. The van der Waals surface area contributed by atoms with Gasteiger partial charge in [0.15, 0.2) is 14.5 Å². The Bertz CT molecular complexity index is 1410. The standard InChI is InChI=1S/C32H42N4O6Si/c1-21-28(14-13-23-9-8-12-25(17-23)36-30(39)18-31(36)41-22(2)38)42-29(32(21)43(3,4)40)15-16-35-19-27(33-34-35)26(20-37)24-10-6-5-7-11-24/h5-12,17,19,21,26,28-29,31-32,37,40H,13-16,18,20H2,1-4H3/t21-,26?,28+,29-,31?,32+/m0/s1. The van der Waals surface area contributed by atoms with Crippen LogP contribution in [0.1, 0.15) is 55.8 Å². The van der Waals surface area contributed by atoms with Crippen molar-refractivity contribution >= 4 is 25.9 Å². The normalized spacial score (nSPS) is 24.6. The molecule has 2 fully saturated rings. The highest BCUT2D eigenvalue weighted by atomic mass is 28.4. The molecule has 2 N–H and O–H groups in total. The van der Waals surface area contributed by atoms with Crippen molar-refractivity contribution in [2.24, 2.45) is 5.92 Å². The number of β-lactam (4-membered cyclic amide) rings is 1. The topological polar surface area (TPSA) is 127 Å². The molecule has 2 unspecified atom stereocenters. The van der Waals surface area contributed by atoms with E-state index in [2.05, 4.69) is 17.2 Å². The summed E-state index contributed by atoms with van der Waals surface area (Å²) in [5.74, 6) is -0.517. The van der Waals surface area contributed by atoms with E-state index < -0.39 is 20.5 Å². The number of aliphatic hydroxyl groups excluding tert-OH is 1. The zero-order valence-corrected chi connectivity index (χ0v) is 26.3. The number of amides is 1. The van der Waals surface area contributed by atoms with Crippen LogP contribution in [0.4, 0.5) is 5.69 Å². The summed E-state index contributed by atoms with van der Waals surface area (Å²) in [6.07, 6.45) is 3.66. The lowest BCUT2D eigenvalue weighted by Gasteiger charge is -2.39. The molecule has 43 heavy (non-hydrogen) atoms. The number of rotatable bonds is 12. The number of carbonyl (C=O) groups is 2. The number of hydrogen-bond acceptors (Lipinski definition) is 8. The number of ether oxygens (including phenoxy) is 2. The molecule has 11 heteroatoms. The summed E-state index contributed by atoms with van der Waals surface area (Å²) < 4.78 is 13.7. The van der Waals surface area contributed by atoms with Crippen LogP contribution in [0.2, 0.25) is 18.6 Å². The van der Waals surface area contributed by atoms with Gasteiger partial charge in [-0.15, -0.1) is 5.10 Å². The van der Waals surface area contributed by atoms with E-state index >= 15 is 0 Å². The smallest absolute Gasteiger partial charge is 0.304 e. The molecule has 3 aromatic rings. The first-order valence-electron chi connectivity index (χ1n) is 15.1. The Kier molecular flexibility index (Phi) is 9.45. The summed E-state index contributed by atoms with van der Waals surface area (Å²) >= 11 is 0. The van der Waals surface area contributed by atoms with E-state index in [0.29, 0.717) is 13.0 Å². The lowest BCUT2D eigenvalue weighted by atomic mass is 9.95. The molecule has 1 aromatic heterocycles. The summed E-state index contributed by atoms with van der Waals surface area (Å²) in [6, 6.07) is 17.6. The summed E-state index contributed by atoms with van der Waals surface area (Å²) in [5, 5.41) is 18.7. The third-order valence-electron chi connectivity index (χ3n) is 8.77. The number of hydrogen-bond donors (Lipinski definition) is 2. The Balaban J connectivity index is 1.22. The summed E-state index contributed by atoms with van der Waals surface area (Å²) in [7, 11) is -2.54. The maximum atomic E-state index is 12.3. The average Bonchev–Trinajstić information content (AvgIpc) is 3.55. The van der Waals surface area contributed by atoms with E-state index in [1.807, 2.05) is 73.9 Å². The number of nitrogens with zero attached hydrogens (tertiary/aromatic N) is 4. The van der Waals surface area contributed by atoms with Crippen LogP contribution in [0.5, 0.6) is 0 Å². The summed E-state index contributed by atoms with van der Waals surface area (Å²) in [6.45, 7) is 8.04. The third-order valence-corrected chi connectivity index (χ3v) is 11.3. The van der Waals surface area contributed by atoms with Crippen LogP contribution in [0.15, 0.2) is 60.8 Å². The van der Waals surface area contributed by atoms with Crippen LogP contribution in [0, 0.1) is 5.92 Å². The SMILES string of the molecule is CC(=O)OC1CC(=O)N1c1cccc(CC[C@H]2O[C@@H](CCn3cc(C(CO)c4ccccc4)nn3)[C@H]([Si](C)(C)O)[C@H]2C)c1. The first-order chi connectivity index (χ1) is 20.5. The number of aryl methyl sites for hydroxylation is 2. The maximum absolute atomic E-state index is 12.3. The number of carbonyl (C=O) groups excluding carboxylic acids is 2. The fraction of sp³-hybridized carbons (Fsp3) is 0.500. The van der Waals surface area contributed by atoms with Gasteiger partial charge >= 0.3 is 5.97 Å². The first-order valence-corrected chi connectivity index (χ1v) is 18.1. The van der Waals surface area contributed by atoms with Crippen LogP contribution in [0.3, 0.4) is 0 Å². The van der Waals surface area contributed by atoms with Gasteiger partial charge in [0.2, 0.25) is 5.91 Å². The Morgan fingerprint density at radius 3 is 2.58 bits per heavy atom. The van der Waals surface area contributed by atoms with Gasteiger partial charge < -0.3 is 19.4 Å². The minimum Gasteiger partial charge on any atom is -0.441 e. The van der Waals surface area contributed by atoms with E-state index in [9.17, 15) is 19.5 Å². The Morgan fingerprint density at radius 2 is 1.91 bits per heavy atom. The third kappa shape index (κ3) is 7.06. The highest BCUT2D eigenvalue weighted by Gasteiger charge is 2.49. The lowest BCUT2D eigenvalue weighted by Crippen LogP contribution is -2.54. The van der Waals surface area contributed by atoms with Crippen molar-refractivity contribution in [3.8, 4) is 0 Å². The molecule has 3 heterocycles. The summed E-state index contributed by atoms with van der Waals surface area (Å²) in [5.41, 5.74) is 3.59. The molecule has 6 atom stereocenters. The van der Waals surface area contributed by atoms with Crippen molar-refractivity contribution < 1.29 is 29.0 Å². The fourth-order valence-electron chi connectivity index (χ4n) is 6.73. The van der Waals surface area contributed by atoms with E-state index in [1.54, 1.807) is 4.68 Å². The van der Waals surface area contributed by atoms with Gasteiger partial charge in [0.1, 0.15) is 0 Å². The van der Waals surface area contributed by atoms with Gasteiger partial charge in [-0.25, -0.2) is 0 Å². The van der Waals surface area contributed by atoms with E-state index in [4.69, 9.17) is 9.47 Å². The molecule has 2 aliphatic heterocycles. The predicted octanol–water partition coefficient (Wildman–Crippen LogP) is 4.02. The highest BCUT2D eigenvalue weighted by Crippen LogP contribution is 2.45. The molecule has 10 nitrogen and oxygen atoms in total. The largest absolute Gasteiger partial charge is 0.441 e. The Labute approximate surface area is 253 Å². The fourth-order valence-corrected chi connectivity index (χ4v) is 9.39. The number of aromatic nitrogens is 3. The van der Waals surface area contributed by atoms with Crippen LogP contribution in [-0.4, -0.2) is 70.1 Å². The van der Waals surface area contributed by atoms with Gasteiger partial charge in [-0.2, -0.15) is 0 Å². The van der Waals surface area contributed by atoms with Gasteiger partial charge in [-0.3, -0.25) is 19.2 Å². The van der Waals surface area contributed by atoms with Crippen molar-refractivity contribution in [2.75, 3.05) is 11.5 Å². The van der Waals surface area contributed by atoms with Crippen LogP contribution < -0.4 is 4.90 Å². The second-order valence-electron chi connectivity index (χ2n) is 12.3. The molecular formula is C32H42N4O6Si. The van der Waals surface area contributed by atoms with Crippen molar-refractivity contribution in [2.45, 2.75) is 89.1 Å². The molecular weight excluding hydrogens is 564 g/mol. The Hall–Kier alpha value is -3.38. The van der Waals surface area contributed by atoms with Crippen molar-refractivity contribution in [3.05, 3.63) is 77.6 Å². The second-order valence-corrected chi connectivity index (χ2v) is 16.3. The predicted molar refractivity (Wildman–Crippen MR) is 164 cm³/mol. The molecule has 0 bridgehead atoms. The summed E-state index contributed by atoms with van der Waals surface area (Å²) in [4.78, 5) is 36.5. The molecule has 1 amide bonds. The number of benzene rings is 2. The molecule has 2 aromatic carbocycles. The van der Waals surface area contributed by atoms with E-state index in [1.165, 1.54) is 11.8 Å². The van der Waals surface area contributed by atoms with Crippen molar-refractivity contribution in [1.29, 1.82) is 0 Å². The van der Waals surface area contributed by atoms with Gasteiger partial charge in [0, 0.05) is 30.9 Å². The number of anilines is 1. The van der Waals surface area contributed by atoms with Gasteiger partial charge in [0.05, 0.1) is 36.8 Å². The monoisotopic (exact) mass is 606 g/mol. The van der Waals surface area contributed by atoms with Crippen LogP contribution in [0.25, 0.3) is 0 Å². The molecule has 0 radical (unpaired) electrons. The highest BCUT2D eigenvalue weighted by molar-refractivity contribution is 6.71. The quantitative estimate of drug-likeness (QED) is 0.180. The minimum atomic E-state index is -2.54. The lowest BCUT2D eigenvalue weighted by molar-refractivity contribution is -0.153. The van der Waals surface area contributed by atoms with Gasteiger partial charge in [-0.1, -0.05) is 54.6 Å². The molecule has 0 spiro atoms. The van der Waals surface area contributed by atoms with Crippen LogP contribution in [-0.2, 0) is 32.0 Å². The zero-order valence-electron chi connectivity index (χ0n) is 25.3. The van der Waals surface area contributed by atoms with Gasteiger partial charge in [-0.05, 0) is 61.5 Å². The van der Waals surface area contributed by atoms with Crippen LogP contribution >= 0.6 is 0 Å². The zero-order chi connectivity index (χ0) is 30.7. The first kappa shape index (κ1) is 31.1. The van der Waals surface area contributed by atoms with Crippen molar-refractivity contribution in [3.63, 3.8) is 0 Å². The minimum absolute atomic E-state index is 0.0137. The van der Waals surface area contributed by atoms with Gasteiger partial charge in [0.25, 0.3) is 0 Å². The Morgan fingerprint density at radius 1 is 1.14 bits per heavy atom. The number of aliphatic hydroxyl groups is 1. The molecule has 2 aliphatic rings. The van der Waals surface area contributed by atoms with E-state index in [0.717, 1.165) is 35.3 Å².